The van der Waals surface area contributed by atoms with Crippen molar-refractivity contribution in [2.45, 2.75) is 46.0 Å². The van der Waals surface area contributed by atoms with Gasteiger partial charge in [0.2, 0.25) is 12.0 Å². The van der Waals surface area contributed by atoms with E-state index in [2.05, 4.69) is 20.6 Å². The maximum atomic E-state index is 15.3. The number of nitrogens with one attached hydrogen (secondary N) is 1. The molecule has 0 radical (unpaired) electrons. The molecule has 1 atom stereocenters. The fourth-order valence-corrected chi connectivity index (χ4v) is 3.76. The second-order valence-corrected chi connectivity index (χ2v) is 8.59. The SMILES string of the molecule is Cc1nnn(-c2ccccc2C(F)NC(=O)c2nc3n(c(=O)c2O)CCOCC3(C)C)c1C. The van der Waals surface area contributed by atoms with E-state index in [0.29, 0.717) is 11.4 Å². The highest BCUT2D eigenvalue weighted by molar-refractivity contribution is 5.95. The number of nitrogens with zero attached hydrogens (tertiary/aromatic N) is 5. The van der Waals surface area contributed by atoms with Crippen LogP contribution in [0.1, 0.15) is 53.4 Å². The van der Waals surface area contributed by atoms with Gasteiger partial charge in [0, 0.05) is 11.0 Å². The van der Waals surface area contributed by atoms with E-state index >= 15 is 4.39 Å². The van der Waals surface area contributed by atoms with E-state index in [1.807, 2.05) is 13.8 Å². The molecule has 4 rings (SSSR count). The van der Waals surface area contributed by atoms with Gasteiger partial charge in [0.05, 0.1) is 36.8 Å². The number of alkyl halides is 1. The lowest BCUT2D eigenvalue weighted by molar-refractivity contribution is 0.0883. The molecule has 174 valence electrons. The number of halogens is 1. The van der Waals surface area contributed by atoms with Crippen LogP contribution in [0.25, 0.3) is 5.69 Å². The maximum Gasteiger partial charge on any atom is 0.296 e. The van der Waals surface area contributed by atoms with Crippen molar-refractivity contribution < 1.29 is 19.0 Å². The average Bonchev–Trinajstić information content (AvgIpc) is 3.02. The minimum absolute atomic E-state index is 0.138. The summed E-state index contributed by atoms with van der Waals surface area (Å²) in [6, 6.07) is 6.51. The Bertz CT molecular complexity index is 1280. The van der Waals surface area contributed by atoms with Gasteiger partial charge in [-0.15, -0.1) is 5.10 Å². The second kappa shape index (κ2) is 8.39. The number of para-hydroxylation sites is 1. The lowest BCUT2D eigenvalue weighted by Crippen LogP contribution is -2.36. The Labute approximate surface area is 189 Å². The molecule has 1 amide bonds. The number of amides is 1. The molecule has 3 heterocycles. The highest BCUT2D eigenvalue weighted by atomic mass is 19.1. The van der Waals surface area contributed by atoms with Gasteiger partial charge in [-0.25, -0.2) is 14.1 Å². The van der Waals surface area contributed by atoms with Gasteiger partial charge in [0.25, 0.3) is 11.5 Å². The average molecular weight is 456 g/mol. The maximum absolute atomic E-state index is 15.3. The Hall–Kier alpha value is -3.60. The van der Waals surface area contributed by atoms with Crippen LogP contribution in [0.2, 0.25) is 0 Å². The van der Waals surface area contributed by atoms with Crippen molar-refractivity contribution in [3.63, 3.8) is 0 Å². The third-order valence-electron chi connectivity index (χ3n) is 5.71. The number of carbonyl (C=O) groups is 1. The van der Waals surface area contributed by atoms with Crippen molar-refractivity contribution in [2.75, 3.05) is 13.2 Å². The third kappa shape index (κ3) is 3.99. The Balaban J connectivity index is 1.69. The summed E-state index contributed by atoms with van der Waals surface area (Å²) in [6.07, 6.45) is -1.96. The monoisotopic (exact) mass is 456 g/mol. The summed E-state index contributed by atoms with van der Waals surface area (Å²) in [5.41, 5.74) is -0.0384. The predicted molar refractivity (Wildman–Crippen MR) is 116 cm³/mol. The van der Waals surface area contributed by atoms with Crippen molar-refractivity contribution in [3.05, 3.63) is 63.1 Å². The summed E-state index contributed by atoms with van der Waals surface area (Å²) >= 11 is 0. The van der Waals surface area contributed by atoms with Gasteiger partial charge in [-0.05, 0) is 19.9 Å². The summed E-state index contributed by atoms with van der Waals surface area (Å²) in [5.74, 6) is -1.56. The minimum Gasteiger partial charge on any atom is -0.501 e. The molecule has 3 aromatic rings. The van der Waals surface area contributed by atoms with E-state index in [-0.39, 0.29) is 31.1 Å². The molecular formula is C22H25FN6O4. The molecule has 0 aliphatic carbocycles. The van der Waals surface area contributed by atoms with Crippen LogP contribution in [0.3, 0.4) is 0 Å². The standard InChI is InChI=1S/C22H25FN6O4/c1-12-13(2)29(27-26-12)15-8-6-5-7-14(15)18(23)25-19(31)16-17(30)20(32)28-9-10-33-11-22(3,4)21(28)24-16/h5-8,18,30H,9-11H2,1-4H3,(H,25,31). The van der Waals surface area contributed by atoms with E-state index in [1.54, 1.807) is 32.0 Å². The molecule has 2 N–H and O–H groups in total. The number of rotatable bonds is 4. The van der Waals surface area contributed by atoms with Crippen molar-refractivity contribution in [1.82, 2.24) is 29.9 Å². The lowest BCUT2D eigenvalue weighted by atomic mass is 9.93. The van der Waals surface area contributed by atoms with Crippen molar-refractivity contribution >= 4 is 5.91 Å². The lowest BCUT2D eigenvalue weighted by Gasteiger charge is -2.24. The largest absolute Gasteiger partial charge is 0.501 e. The Kier molecular flexibility index (Phi) is 5.75. The smallest absolute Gasteiger partial charge is 0.296 e. The topological polar surface area (TPSA) is 124 Å². The van der Waals surface area contributed by atoms with E-state index in [0.717, 1.165) is 5.69 Å². The van der Waals surface area contributed by atoms with Gasteiger partial charge in [-0.2, -0.15) is 0 Å². The zero-order chi connectivity index (χ0) is 23.9. The normalized spacial score (nSPS) is 16.0. The van der Waals surface area contributed by atoms with Gasteiger partial charge in [0.15, 0.2) is 5.69 Å². The highest BCUT2D eigenvalue weighted by Crippen LogP contribution is 2.27. The Morgan fingerprint density at radius 1 is 1.30 bits per heavy atom. The molecule has 10 nitrogen and oxygen atoms in total. The molecule has 0 bridgehead atoms. The number of fused-ring (bicyclic) bond motifs is 1. The number of aromatic nitrogens is 5. The van der Waals surface area contributed by atoms with E-state index in [9.17, 15) is 14.7 Å². The van der Waals surface area contributed by atoms with Crippen LogP contribution in [0.15, 0.2) is 29.1 Å². The first-order valence-corrected chi connectivity index (χ1v) is 10.5. The molecule has 0 spiro atoms. The van der Waals surface area contributed by atoms with Crippen molar-refractivity contribution in [1.29, 1.82) is 0 Å². The van der Waals surface area contributed by atoms with Crippen LogP contribution < -0.4 is 10.9 Å². The molecule has 0 saturated carbocycles. The van der Waals surface area contributed by atoms with Gasteiger partial charge in [-0.1, -0.05) is 37.3 Å². The first-order valence-electron chi connectivity index (χ1n) is 10.5. The van der Waals surface area contributed by atoms with Gasteiger partial charge >= 0.3 is 0 Å². The Morgan fingerprint density at radius 3 is 2.73 bits per heavy atom. The molecule has 1 aromatic carbocycles. The van der Waals surface area contributed by atoms with E-state index in [1.165, 1.54) is 15.3 Å². The van der Waals surface area contributed by atoms with Gasteiger partial charge in [-0.3, -0.25) is 14.2 Å². The summed E-state index contributed by atoms with van der Waals surface area (Å²) < 4.78 is 23.6. The molecule has 2 aromatic heterocycles. The summed E-state index contributed by atoms with van der Waals surface area (Å²) in [7, 11) is 0. The zero-order valence-electron chi connectivity index (χ0n) is 18.8. The number of hydrogen-bond acceptors (Lipinski definition) is 7. The number of benzene rings is 1. The van der Waals surface area contributed by atoms with Crippen LogP contribution in [0.4, 0.5) is 4.39 Å². The molecule has 1 aliphatic heterocycles. The molecule has 1 unspecified atom stereocenters. The quantitative estimate of drug-likeness (QED) is 0.574. The summed E-state index contributed by atoms with van der Waals surface area (Å²) in [5, 5.41) is 20.6. The fourth-order valence-electron chi connectivity index (χ4n) is 3.76. The van der Waals surface area contributed by atoms with E-state index in [4.69, 9.17) is 4.74 Å². The first kappa shape index (κ1) is 22.6. The van der Waals surface area contributed by atoms with Crippen LogP contribution in [-0.2, 0) is 16.7 Å². The van der Waals surface area contributed by atoms with Crippen LogP contribution >= 0.6 is 0 Å². The van der Waals surface area contributed by atoms with Crippen LogP contribution in [0, 0.1) is 13.8 Å². The molecular weight excluding hydrogens is 431 g/mol. The molecule has 0 saturated heterocycles. The molecule has 1 aliphatic rings. The van der Waals surface area contributed by atoms with Crippen LogP contribution in [-0.4, -0.2) is 48.8 Å². The number of aryl methyl sites for hydroxylation is 1. The molecule has 11 heteroatoms. The fraction of sp³-hybridized carbons (Fsp3) is 0.409. The zero-order valence-corrected chi connectivity index (χ0v) is 18.8. The first-order chi connectivity index (χ1) is 15.6. The Morgan fingerprint density at radius 2 is 2.03 bits per heavy atom. The van der Waals surface area contributed by atoms with E-state index < -0.39 is 34.6 Å². The highest BCUT2D eigenvalue weighted by Gasteiger charge is 2.33. The van der Waals surface area contributed by atoms with Gasteiger partial charge < -0.3 is 15.2 Å². The van der Waals surface area contributed by atoms with Crippen LogP contribution in [0.5, 0.6) is 5.75 Å². The predicted octanol–water partition coefficient (Wildman–Crippen LogP) is 1.85. The summed E-state index contributed by atoms with van der Waals surface area (Å²) in [6.45, 7) is 7.95. The second-order valence-electron chi connectivity index (χ2n) is 8.59. The number of carbonyl (C=O) groups excluding carboxylic acids is 1. The molecule has 33 heavy (non-hydrogen) atoms. The minimum atomic E-state index is -1.96. The van der Waals surface area contributed by atoms with Crippen molar-refractivity contribution in [3.8, 4) is 11.4 Å². The molecule has 0 fully saturated rings. The number of aromatic hydroxyl groups is 1. The summed E-state index contributed by atoms with van der Waals surface area (Å²) in [4.78, 5) is 29.9. The number of ether oxygens (including phenoxy) is 1. The van der Waals surface area contributed by atoms with Gasteiger partial charge in [0.1, 0.15) is 5.82 Å². The third-order valence-corrected chi connectivity index (χ3v) is 5.71. The number of hydrogen-bond donors (Lipinski definition) is 2. The van der Waals surface area contributed by atoms with Crippen molar-refractivity contribution in [2.24, 2.45) is 0 Å².